The van der Waals surface area contributed by atoms with Crippen LogP contribution in [0, 0.1) is 0 Å². The Bertz CT molecular complexity index is 276. The van der Waals surface area contributed by atoms with Crippen molar-refractivity contribution in [2.24, 2.45) is 7.05 Å². The molecule has 0 atom stereocenters. The highest BCUT2D eigenvalue weighted by molar-refractivity contribution is 5.05. The van der Waals surface area contributed by atoms with Gasteiger partial charge in [-0.3, -0.25) is 0 Å². The third-order valence-corrected chi connectivity index (χ3v) is 3.08. The fourth-order valence-corrected chi connectivity index (χ4v) is 1.86. The van der Waals surface area contributed by atoms with Crippen LogP contribution in [0.1, 0.15) is 26.0 Å². The van der Waals surface area contributed by atoms with Gasteiger partial charge in [0.05, 0.1) is 0 Å². The number of nitrogens with one attached hydrogen (secondary N) is 1. The molecule has 0 aliphatic rings. The van der Waals surface area contributed by atoms with E-state index in [9.17, 15) is 0 Å². The lowest BCUT2D eigenvalue weighted by Crippen LogP contribution is -2.27. The van der Waals surface area contributed by atoms with Gasteiger partial charge in [0.1, 0.15) is 0 Å². The van der Waals surface area contributed by atoms with E-state index < -0.39 is 0 Å². The van der Waals surface area contributed by atoms with Crippen molar-refractivity contribution in [1.29, 1.82) is 0 Å². The molecule has 0 aromatic carbocycles. The Morgan fingerprint density at radius 1 is 1.31 bits per heavy atom. The highest BCUT2D eigenvalue weighted by atomic mass is 15.1. The summed E-state index contributed by atoms with van der Waals surface area (Å²) in [5.74, 6) is 0. The monoisotopic (exact) mass is 223 g/mol. The summed E-state index contributed by atoms with van der Waals surface area (Å²) in [5.41, 5.74) is 1.35. The smallest absolute Gasteiger partial charge is 0.0359 e. The van der Waals surface area contributed by atoms with E-state index in [2.05, 4.69) is 54.0 Å². The third-order valence-electron chi connectivity index (χ3n) is 3.08. The summed E-state index contributed by atoms with van der Waals surface area (Å²) in [4.78, 5) is 2.46. The minimum Gasteiger partial charge on any atom is -0.353 e. The van der Waals surface area contributed by atoms with Crippen LogP contribution in [0.25, 0.3) is 0 Å². The first kappa shape index (κ1) is 13.3. The van der Waals surface area contributed by atoms with Gasteiger partial charge in [-0.2, -0.15) is 0 Å². The molecule has 0 fully saturated rings. The zero-order valence-electron chi connectivity index (χ0n) is 10.9. The number of aromatic nitrogens is 1. The van der Waals surface area contributed by atoms with Crippen LogP contribution in [0.15, 0.2) is 18.3 Å². The Morgan fingerprint density at radius 2 is 2.06 bits per heavy atom. The Balaban J connectivity index is 2.06. The van der Waals surface area contributed by atoms with Gasteiger partial charge in [0.2, 0.25) is 0 Å². The molecule has 0 aliphatic carbocycles. The Morgan fingerprint density at radius 3 is 2.62 bits per heavy atom. The van der Waals surface area contributed by atoms with Crippen molar-refractivity contribution in [3.63, 3.8) is 0 Å². The maximum absolute atomic E-state index is 3.48. The summed E-state index contributed by atoms with van der Waals surface area (Å²) in [7, 11) is 2.09. The SMILES string of the molecule is CCN(CC)CCCNCc1cccn1C. The fraction of sp³-hybridized carbons (Fsp3) is 0.692. The second kappa shape index (κ2) is 7.47. The van der Waals surface area contributed by atoms with Crippen LogP contribution in [0.2, 0.25) is 0 Å². The van der Waals surface area contributed by atoms with Crippen LogP contribution < -0.4 is 5.32 Å². The predicted octanol–water partition coefficient (Wildman–Crippen LogP) is 1.85. The van der Waals surface area contributed by atoms with Gasteiger partial charge in [0.15, 0.2) is 0 Å². The molecular formula is C13H25N3. The molecule has 0 unspecified atom stereocenters. The molecule has 1 heterocycles. The van der Waals surface area contributed by atoms with Crippen LogP contribution >= 0.6 is 0 Å². The highest BCUT2D eigenvalue weighted by Gasteiger charge is 1.99. The Hall–Kier alpha value is -0.800. The molecule has 1 N–H and O–H groups in total. The minimum absolute atomic E-state index is 0.974. The lowest BCUT2D eigenvalue weighted by molar-refractivity contribution is 0.298. The number of aryl methyl sites for hydroxylation is 1. The second-order valence-electron chi connectivity index (χ2n) is 4.17. The first-order valence-electron chi connectivity index (χ1n) is 6.31. The topological polar surface area (TPSA) is 20.2 Å². The second-order valence-corrected chi connectivity index (χ2v) is 4.17. The summed E-state index contributed by atoms with van der Waals surface area (Å²) in [5, 5.41) is 3.48. The molecule has 1 aromatic rings. The van der Waals surface area contributed by atoms with E-state index in [4.69, 9.17) is 0 Å². The third kappa shape index (κ3) is 4.37. The zero-order chi connectivity index (χ0) is 11.8. The van der Waals surface area contributed by atoms with E-state index in [1.807, 2.05) is 0 Å². The van der Waals surface area contributed by atoms with E-state index in [0.29, 0.717) is 0 Å². The first-order valence-corrected chi connectivity index (χ1v) is 6.31. The van der Waals surface area contributed by atoms with E-state index in [0.717, 1.165) is 26.2 Å². The number of hydrogen-bond acceptors (Lipinski definition) is 2. The van der Waals surface area contributed by atoms with Crippen LogP contribution in [0.3, 0.4) is 0 Å². The molecule has 1 aromatic heterocycles. The maximum atomic E-state index is 3.48. The molecule has 0 bridgehead atoms. The van der Waals surface area contributed by atoms with Crippen molar-refractivity contribution < 1.29 is 0 Å². The standard InChI is InChI=1S/C13H25N3/c1-4-16(5-2)11-7-9-14-12-13-8-6-10-15(13)3/h6,8,10,14H,4-5,7,9,11-12H2,1-3H3. The highest BCUT2D eigenvalue weighted by Crippen LogP contribution is 1.98. The Kier molecular flexibility index (Phi) is 6.19. The van der Waals surface area contributed by atoms with Gasteiger partial charge in [0, 0.05) is 25.5 Å². The molecule has 1 rings (SSSR count). The van der Waals surface area contributed by atoms with Crippen LogP contribution in [0.5, 0.6) is 0 Å². The lowest BCUT2D eigenvalue weighted by Gasteiger charge is -2.17. The molecule has 3 heteroatoms. The van der Waals surface area contributed by atoms with E-state index >= 15 is 0 Å². The van der Waals surface area contributed by atoms with Crippen molar-refractivity contribution in [2.45, 2.75) is 26.8 Å². The molecule has 0 spiro atoms. The summed E-state index contributed by atoms with van der Waals surface area (Å²) in [6.07, 6.45) is 3.32. The van der Waals surface area contributed by atoms with Crippen molar-refractivity contribution in [3.8, 4) is 0 Å². The maximum Gasteiger partial charge on any atom is 0.0359 e. The molecule has 16 heavy (non-hydrogen) atoms. The van der Waals surface area contributed by atoms with Crippen LogP contribution in [0.4, 0.5) is 0 Å². The van der Waals surface area contributed by atoms with Gasteiger partial charge in [-0.15, -0.1) is 0 Å². The van der Waals surface area contributed by atoms with Gasteiger partial charge in [-0.05, 0) is 44.7 Å². The van der Waals surface area contributed by atoms with E-state index in [1.54, 1.807) is 0 Å². The fourth-order valence-electron chi connectivity index (χ4n) is 1.86. The number of hydrogen-bond donors (Lipinski definition) is 1. The molecule has 0 amide bonds. The van der Waals surface area contributed by atoms with Crippen molar-refractivity contribution in [1.82, 2.24) is 14.8 Å². The lowest BCUT2D eigenvalue weighted by atomic mass is 10.3. The van der Waals surface area contributed by atoms with Crippen LogP contribution in [-0.4, -0.2) is 35.6 Å². The first-order chi connectivity index (χ1) is 7.77. The average molecular weight is 223 g/mol. The summed E-state index contributed by atoms with van der Waals surface area (Å²) in [6, 6.07) is 4.25. The largest absolute Gasteiger partial charge is 0.353 e. The van der Waals surface area contributed by atoms with Gasteiger partial charge >= 0.3 is 0 Å². The Labute approximate surface area is 99.4 Å². The molecule has 3 nitrogen and oxygen atoms in total. The van der Waals surface area contributed by atoms with Gasteiger partial charge in [-0.1, -0.05) is 13.8 Å². The molecule has 92 valence electrons. The molecule has 0 saturated carbocycles. The van der Waals surface area contributed by atoms with Gasteiger partial charge < -0.3 is 14.8 Å². The molecular weight excluding hydrogens is 198 g/mol. The molecule has 0 aliphatic heterocycles. The van der Waals surface area contributed by atoms with Gasteiger partial charge in [-0.25, -0.2) is 0 Å². The summed E-state index contributed by atoms with van der Waals surface area (Å²) >= 11 is 0. The normalized spacial score (nSPS) is 11.2. The van der Waals surface area contributed by atoms with Crippen LogP contribution in [-0.2, 0) is 13.6 Å². The minimum atomic E-state index is 0.974. The summed E-state index contributed by atoms with van der Waals surface area (Å²) < 4.78 is 2.16. The molecule has 0 radical (unpaired) electrons. The predicted molar refractivity (Wildman–Crippen MR) is 69.5 cm³/mol. The number of rotatable bonds is 8. The zero-order valence-corrected chi connectivity index (χ0v) is 10.9. The van der Waals surface area contributed by atoms with Crippen molar-refractivity contribution >= 4 is 0 Å². The summed E-state index contributed by atoms with van der Waals surface area (Å²) in [6.45, 7) is 10.0. The average Bonchev–Trinajstić information content (AvgIpc) is 2.70. The molecule has 0 saturated heterocycles. The van der Waals surface area contributed by atoms with Gasteiger partial charge in [0.25, 0.3) is 0 Å². The van der Waals surface area contributed by atoms with E-state index in [-0.39, 0.29) is 0 Å². The van der Waals surface area contributed by atoms with E-state index in [1.165, 1.54) is 18.7 Å². The quantitative estimate of drug-likeness (QED) is 0.679. The number of nitrogens with zero attached hydrogens (tertiary/aromatic N) is 2. The van der Waals surface area contributed by atoms with Crippen molar-refractivity contribution in [3.05, 3.63) is 24.0 Å². The van der Waals surface area contributed by atoms with Crippen molar-refractivity contribution in [2.75, 3.05) is 26.2 Å².